The Labute approximate surface area is 162 Å². The molecular weight excluding hydrogens is 352 g/mol. The van der Waals surface area contributed by atoms with Crippen LogP contribution in [0.4, 0.5) is 11.4 Å². The van der Waals surface area contributed by atoms with Crippen LogP contribution in [0.15, 0.2) is 78.9 Å². The van der Waals surface area contributed by atoms with Gasteiger partial charge in [-0.2, -0.15) is 0 Å². The van der Waals surface area contributed by atoms with Crippen molar-refractivity contribution in [2.24, 2.45) is 0 Å². The SMILES string of the molecule is Cc1cc(Nc2ccccc2C(=O)O)c2cc(Oc3ccccc3)ccc2n1. The Morgan fingerprint density at radius 1 is 0.893 bits per heavy atom. The third kappa shape index (κ3) is 3.64. The van der Waals surface area contributed by atoms with E-state index in [4.69, 9.17) is 4.74 Å². The molecule has 0 unspecified atom stereocenters. The van der Waals surface area contributed by atoms with Crippen LogP contribution in [-0.2, 0) is 0 Å². The Morgan fingerprint density at radius 3 is 2.43 bits per heavy atom. The van der Waals surface area contributed by atoms with Crippen LogP contribution in [0, 0.1) is 6.92 Å². The second-order valence-corrected chi connectivity index (χ2v) is 6.38. The molecule has 5 heteroatoms. The Balaban J connectivity index is 1.77. The maximum atomic E-state index is 11.5. The fourth-order valence-corrected chi connectivity index (χ4v) is 3.05. The summed E-state index contributed by atoms with van der Waals surface area (Å²) in [5.74, 6) is 0.442. The summed E-state index contributed by atoms with van der Waals surface area (Å²) < 4.78 is 5.93. The molecule has 4 aromatic rings. The van der Waals surface area contributed by atoms with Gasteiger partial charge in [0, 0.05) is 16.8 Å². The summed E-state index contributed by atoms with van der Waals surface area (Å²) in [7, 11) is 0. The molecule has 5 nitrogen and oxygen atoms in total. The molecule has 0 saturated heterocycles. The van der Waals surface area contributed by atoms with Gasteiger partial charge in [-0.3, -0.25) is 4.98 Å². The fourth-order valence-electron chi connectivity index (χ4n) is 3.05. The van der Waals surface area contributed by atoms with Crippen LogP contribution in [0.5, 0.6) is 11.5 Å². The van der Waals surface area contributed by atoms with Crippen LogP contribution >= 0.6 is 0 Å². The third-order valence-electron chi connectivity index (χ3n) is 4.31. The van der Waals surface area contributed by atoms with E-state index in [0.29, 0.717) is 11.4 Å². The topological polar surface area (TPSA) is 71.5 Å². The molecule has 1 aromatic heterocycles. The van der Waals surface area contributed by atoms with Crippen molar-refractivity contribution in [3.05, 3.63) is 90.1 Å². The number of carboxylic acids is 1. The van der Waals surface area contributed by atoms with Gasteiger partial charge < -0.3 is 15.2 Å². The van der Waals surface area contributed by atoms with Crippen LogP contribution in [-0.4, -0.2) is 16.1 Å². The lowest BCUT2D eigenvalue weighted by atomic mass is 10.1. The predicted octanol–water partition coefficient (Wildman–Crippen LogP) is 5.78. The zero-order chi connectivity index (χ0) is 19.5. The molecule has 1 heterocycles. The first-order valence-electron chi connectivity index (χ1n) is 8.84. The number of hydrogen-bond donors (Lipinski definition) is 2. The van der Waals surface area contributed by atoms with Crippen molar-refractivity contribution in [2.45, 2.75) is 6.92 Å². The van der Waals surface area contributed by atoms with E-state index in [9.17, 15) is 9.90 Å². The number of nitrogens with one attached hydrogen (secondary N) is 1. The number of ether oxygens (including phenoxy) is 1. The number of aryl methyl sites for hydroxylation is 1. The van der Waals surface area contributed by atoms with Gasteiger partial charge in [0.25, 0.3) is 0 Å². The molecular formula is C23H18N2O3. The zero-order valence-electron chi connectivity index (χ0n) is 15.2. The number of anilines is 2. The highest BCUT2D eigenvalue weighted by molar-refractivity contribution is 5.99. The highest BCUT2D eigenvalue weighted by atomic mass is 16.5. The second-order valence-electron chi connectivity index (χ2n) is 6.38. The van der Waals surface area contributed by atoms with Gasteiger partial charge in [-0.25, -0.2) is 4.79 Å². The van der Waals surface area contributed by atoms with Crippen LogP contribution in [0.25, 0.3) is 10.9 Å². The molecule has 3 aromatic carbocycles. The smallest absolute Gasteiger partial charge is 0.337 e. The van der Waals surface area contributed by atoms with Crippen LogP contribution < -0.4 is 10.1 Å². The molecule has 0 aliphatic heterocycles. The van der Waals surface area contributed by atoms with Gasteiger partial charge >= 0.3 is 5.97 Å². The van der Waals surface area contributed by atoms with Crippen molar-refractivity contribution in [3.8, 4) is 11.5 Å². The van der Waals surface area contributed by atoms with E-state index in [0.717, 1.165) is 28.0 Å². The minimum atomic E-state index is -0.980. The Bertz CT molecular complexity index is 1160. The molecule has 0 atom stereocenters. The molecule has 0 spiro atoms. The van der Waals surface area contributed by atoms with Crippen molar-refractivity contribution in [3.63, 3.8) is 0 Å². The van der Waals surface area contributed by atoms with E-state index < -0.39 is 5.97 Å². The number of aromatic carboxylic acids is 1. The summed E-state index contributed by atoms with van der Waals surface area (Å²) >= 11 is 0. The van der Waals surface area contributed by atoms with E-state index >= 15 is 0 Å². The zero-order valence-corrected chi connectivity index (χ0v) is 15.2. The number of para-hydroxylation sites is 2. The van der Waals surface area contributed by atoms with Crippen LogP contribution in [0.1, 0.15) is 16.1 Å². The summed E-state index contributed by atoms with van der Waals surface area (Å²) in [5, 5.41) is 13.5. The standard InChI is InChI=1S/C23H18N2O3/c1-15-13-22(25-20-10-6-5-9-18(20)23(26)27)19-14-17(11-12-21(19)24-15)28-16-7-3-2-4-8-16/h2-14H,1H3,(H,24,25)(H,26,27). The molecule has 0 aliphatic carbocycles. The van der Waals surface area contributed by atoms with Crippen LogP contribution in [0.2, 0.25) is 0 Å². The van der Waals surface area contributed by atoms with E-state index in [1.165, 1.54) is 0 Å². The fraction of sp³-hybridized carbons (Fsp3) is 0.0435. The molecule has 138 valence electrons. The van der Waals surface area contributed by atoms with Crippen molar-refractivity contribution in [1.82, 2.24) is 4.98 Å². The predicted molar refractivity (Wildman–Crippen MR) is 110 cm³/mol. The number of benzene rings is 3. The maximum absolute atomic E-state index is 11.5. The molecule has 0 saturated carbocycles. The summed E-state index contributed by atoms with van der Waals surface area (Å²) in [5.41, 5.74) is 3.14. The molecule has 0 fully saturated rings. The summed E-state index contributed by atoms with van der Waals surface area (Å²) in [6.07, 6.45) is 0. The summed E-state index contributed by atoms with van der Waals surface area (Å²) in [4.78, 5) is 16.1. The Kier molecular flexibility index (Phi) is 4.64. The number of pyridine rings is 1. The maximum Gasteiger partial charge on any atom is 0.337 e. The number of rotatable bonds is 5. The van der Waals surface area contributed by atoms with Crippen molar-refractivity contribution in [1.29, 1.82) is 0 Å². The minimum absolute atomic E-state index is 0.210. The Morgan fingerprint density at radius 2 is 1.64 bits per heavy atom. The largest absolute Gasteiger partial charge is 0.478 e. The first-order valence-corrected chi connectivity index (χ1v) is 8.84. The molecule has 0 radical (unpaired) electrons. The minimum Gasteiger partial charge on any atom is -0.478 e. The molecule has 4 rings (SSSR count). The molecule has 0 aliphatic rings. The van der Waals surface area contributed by atoms with Crippen LogP contribution in [0.3, 0.4) is 0 Å². The number of aromatic nitrogens is 1. The number of carboxylic acid groups (broad SMARTS) is 1. The summed E-state index contributed by atoms with van der Waals surface area (Å²) in [6.45, 7) is 1.90. The number of nitrogens with zero attached hydrogens (tertiary/aromatic N) is 1. The van der Waals surface area contributed by atoms with E-state index in [1.54, 1.807) is 24.3 Å². The first-order chi connectivity index (χ1) is 13.6. The second kappa shape index (κ2) is 7.40. The van der Waals surface area contributed by atoms with Gasteiger partial charge in [0.05, 0.1) is 16.8 Å². The van der Waals surface area contributed by atoms with E-state index in [-0.39, 0.29) is 5.56 Å². The molecule has 0 amide bonds. The lowest BCUT2D eigenvalue weighted by Gasteiger charge is -2.14. The lowest BCUT2D eigenvalue weighted by Crippen LogP contribution is -2.03. The number of carbonyl (C=O) groups is 1. The van der Waals surface area contributed by atoms with Gasteiger partial charge in [0.1, 0.15) is 11.5 Å². The monoisotopic (exact) mass is 370 g/mol. The average Bonchev–Trinajstić information content (AvgIpc) is 2.69. The molecule has 2 N–H and O–H groups in total. The number of hydrogen-bond acceptors (Lipinski definition) is 4. The highest BCUT2D eigenvalue weighted by Gasteiger charge is 2.12. The molecule has 28 heavy (non-hydrogen) atoms. The quantitative estimate of drug-likeness (QED) is 0.466. The van der Waals surface area contributed by atoms with E-state index in [1.807, 2.05) is 61.5 Å². The lowest BCUT2D eigenvalue weighted by molar-refractivity contribution is 0.0698. The van der Waals surface area contributed by atoms with Gasteiger partial charge in [-0.1, -0.05) is 30.3 Å². The first kappa shape index (κ1) is 17.5. The van der Waals surface area contributed by atoms with E-state index in [2.05, 4.69) is 10.3 Å². The molecule has 0 bridgehead atoms. The third-order valence-corrected chi connectivity index (χ3v) is 4.31. The normalized spacial score (nSPS) is 10.6. The highest BCUT2D eigenvalue weighted by Crippen LogP contribution is 2.32. The summed E-state index contributed by atoms with van der Waals surface area (Å²) in [6, 6.07) is 23.9. The Hall–Kier alpha value is -3.86. The average molecular weight is 370 g/mol. The van der Waals surface area contributed by atoms with Crippen molar-refractivity contribution in [2.75, 3.05) is 5.32 Å². The van der Waals surface area contributed by atoms with Crippen molar-refractivity contribution < 1.29 is 14.6 Å². The van der Waals surface area contributed by atoms with Crippen molar-refractivity contribution >= 4 is 28.2 Å². The van der Waals surface area contributed by atoms with Gasteiger partial charge in [0.2, 0.25) is 0 Å². The van der Waals surface area contributed by atoms with Gasteiger partial charge in [-0.05, 0) is 55.5 Å². The van der Waals surface area contributed by atoms with Gasteiger partial charge in [0.15, 0.2) is 0 Å². The number of fused-ring (bicyclic) bond motifs is 1. The van der Waals surface area contributed by atoms with Gasteiger partial charge in [-0.15, -0.1) is 0 Å².